The van der Waals surface area contributed by atoms with Gasteiger partial charge in [-0.2, -0.15) is 5.10 Å². The summed E-state index contributed by atoms with van der Waals surface area (Å²) in [7, 11) is 0. The Morgan fingerprint density at radius 1 is 1.56 bits per heavy atom. The number of aromatic amines is 1. The van der Waals surface area contributed by atoms with E-state index in [-0.39, 0.29) is 5.69 Å². The van der Waals surface area contributed by atoms with E-state index in [1.807, 2.05) is 0 Å². The third-order valence-corrected chi connectivity index (χ3v) is 2.82. The summed E-state index contributed by atoms with van der Waals surface area (Å²) in [5.41, 5.74) is 5.84. The highest BCUT2D eigenvalue weighted by Crippen LogP contribution is 2.14. The molecular formula is C11H18N6O. The second-order valence-corrected chi connectivity index (χ2v) is 4.43. The molecule has 0 saturated carbocycles. The van der Waals surface area contributed by atoms with Crippen molar-refractivity contribution in [1.29, 1.82) is 0 Å². The topological polar surface area (TPSA) is 92.3 Å². The van der Waals surface area contributed by atoms with Crippen LogP contribution in [0.3, 0.4) is 0 Å². The Labute approximate surface area is 105 Å². The molecule has 0 aromatic carbocycles. The van der Waals surface area contributed by atoms with Crippen LogP contribution in [0.15, 0.2) is 17.2 Å². The van der Waals surface area contributed by atoms with Gasteiger partial charge in [-0.1, -0.05) is 0 Å². The predicted octanol–water partition coefficient (Wildman–Crippen LogP) is -0.0188. The van der Waals surface area contributed by atoms with E-state index in [0.29, 0.717) is 18.2 Å². The SMILES string of the molecule is CC(C)N(CCCN)c1cc2n[nH]c(=O)n2cn1. The first-order valence-corrected chi connectivity index (χ1v) is 6.03. The van der Waals surface area contributed by atoms with Crippen LogP contribution in [0.25, 0.3) is 5.65 Å². The van der Waals surface area contributed by atoms with E-state index in [4.69, 9.17) is 5.73 Å². The summed E-state index contributed by atoms with van der Waals surface area (Å²) in [6.45, 7) is 5.68. The van der Waals surface area contributed by atoms with Gasteiger partial charge in [0.2, 0.25) is 0 Å². The van der Waals surface area contributed by atoms with Gasteiger partial charge in [0.05, 0.1) is 0 Å². The van der Waals surface area contributed by atoms with Crippen molar-refractivity contribution in [2.45, 2.75) is 26.3 Å². The van der Waals surface area contributed by atoms with Crippen molar-refractivity contribution in [3.63, 3.8) is 0 Å². The highest BCUT2D eigenvalue weighted by atomic mass is 16.1. The fourth-order valence-electron chi connectivity index (χ4n) is 1.86. The summed E-state index contributed by atoms with van der Waals surface area (Å²) in [6, 6.07) is 2.12. The van der Waals surface area contributed by atoms with Gasteiger partial charge in [0, 0.05) is 18.7 Å². The van der Waals surface area contributed by atoms with Gasteiger partial charge >= 0.3 is 5.69 Å². The molecular weight excluding hydrogens is 232 g/mol. The molecule has 0 fully saturated rings. The third-order valence-electron chi connectivity index (χ3n) is 2.82. The molecule has 0 aliphatic rings. The quantitative estimate of drug-likeness (QED) is 0.778. The standard InChI is InChI=1S/C11H18N6O/c1-8(2)16(5-3-4-12)9-6-10-14-15-11(18)17(10)7-13-9/h6-8H,3-5,12H2,1-2H3,(H,15,18). The fourth-order valence-corrected chi connectivity index (χ4v) is 1.86. The predicted molar refractivity (Wildman–Crippen MR) is 69.8 cm³/mol. The monoisotopic (exact) mass is 250 g/mol. The first-order chi connectivity index (χ1) is 8.63. The number of rotatable bonds is 5. The van der Waals surface area contributed by atoms with Gasteiger partial charge in [0.15, 0.2) is 5.65 Å². The number of aromatic nitrogens is 4. The number of hydrogen-bond donors (Lipinski definition) is 2. The Bertz CT molecular complexity index is 572. The molecule has 7 nitrogen and oxygen atoms in total. The molecule has 0 atom stereocenters. The zero-order valence-electron chi connectivity index (χ0n) is 10.6. The van der Waals surface area contributed by atoms with Crippen molar-refractivity contribution in [1.82, 2.24) is 19.6 Å². The number of nitrogens with zero attached hydrogens (tertiary/aromatic N) is 4. The number of hydrogen-bond acceptors (Lipinski definition) is 5. The van der Waals surface area contributed by atoms with Gasteiger partial charge in [-0.05, 0) is 26.8 Å². The molecule has 0 radical (unpaired) electrons. The van der Waals surface area contributed by atoms with Crippen LogP contribution in [0.4, 0.5) is 5.82 Å². The molecule has 2 rings (SSSR count). The lowest BCUT2D eigenvalue weighted by Crippen LogP contribution is -2.33. The summed E-state index contributed by atoms with van der Waals surface area (Å²) in [4.78, 5) is 17.8. The molecule has 98 valence electrons. The minimum absolute atomic E-state index is 0.276. The average Bonchev–Trinajstić information content (AvgIpc) is 2.71. The number of fused-ring (bicyclic) bond motifs is 1. The molecule has 7 heteroatoms. The van der Waals surface area contributed by atoms with Crippen LogP contribution >= 0.6 is 0 Å². The summed E-state index contributed by atoms with van der Waals surface area (Å²) in [5.74, 6) is 0.810. The molecule has 3 N–H and O–H groups in total. The molecule has 0 unspecified atom stereocenters. The summed E-state index contributed by atoms with van der Waals surface area (Å²) < 4.78 is 1.38. The minimum atomic E-state index is -0.276. The van der Waals surface area contributed by atoms with E-state index >= 15 is 0 Å². The molecule has 0 bridgehead atoms. The lowest BCUT2D eigenvalue weighted by Gasteiger charge is -2.27. The van der Waals surface area contributed by atoms with Crippen LogP contribution < -0.4 is 16.3 Å². The van der Waals surface area contributed by atoms with Gasteiger partial charge in [-0.25, -0.2) is 19.3 Å². The molecule has 2 aromatic heterocycles. The molecule has 0 amide bonds. The van der Waals surface area contributed by atoms with E-state index in [9.17, 15) is 4.79 Å². The number of nitrogens with one attached hydrogen (secondary N) is 1. The average molecular weight is 250 g/mol. The first kappa shape index (κ1) is 12.6. The summed E-state index contributed by atoms with van der Waals surface area (Å²) >= 11 is 0. The number of anilines is 1. The van der Waals surface area contributed by atoms with Crippen LogP contribution in [-0.4, -0.2) is 38.7 Å². The Morgan fingerprint density at radius 2 is 2.33 bits per heavy atom. The molecule has 2 aromatic rings. The van der Waals surface area contributed by atoms with Crippen molar-refractivity contribution in [3.8, 4) is 0 Å². The van der Waals surface area contributed by atoms with Crippen LogP contribution in [0.2, 0.25) is 0 Å². The smallest absolute Gasteiger partial charge is 0.348 e. The van der Waals surface area contributed by atoms with Gasteiger partial charge in [-0.3, -0.25) is 0 Å². The second kappa shape index (κ2) is 5.18. The van der Waals surface area contributed by atoms with Crippen molar-refractivity contribution < 1.29 is 0 Å². The van der Waals surface area contributed by atoms with E-state index in [1.54, 1.807) is 6.07 Å². The maximum atomic E-state index is 11.3. The second-order valence-electron chi connectivity index (χ2n) is 4.43. The van der Waals surface area contributed by atoms with Crippen molar-refractivity contribution in [2.75, 3.05) is 18.0 Å². The van der Waals surface area contributed by atoms with Crippen LogP contribution in [0, 0.1) is 0 Å². The van der Waals surface area contributed by atoms with E-state index < -0.39 is 0 Å². The maximum absolute atomic E-state index is 11.3. The van der Waals surface area contributed by atoms with Gasteiger partial charge in [0.1, 0.15) is 12.1 Å². The summed E-state index contributed by atoms with van der Waals surface area (Å²) in [5, 5.41) is 6.33. The minimum Gasteiger partial charge on any atom is -0.354 e. The summed E-state index contributed by atoms with van der Waals surface area (Å²) in [6.07, 6.45) is 2.40. The molecule has 0 aliphatic heterocycles. The fraction of sp³-hybridized carbons (Fsp3) is 0.545. The first-order valence-electron chi connectivity index (χ1n) is 6.03. The number of nitrogens with two attached hydrogens (primary N) is 1. The van der Waals surface area contributed by atoms with Crippen LogP contribution in [0.1, 0.15) is 20.3 Å². The largest absolute Gasteiger partial charge is 0.354 e. The van der Waals surface area contributed by atoms with Crippen molar-refractivity contribution in [3.05, 3.63) is 22.9 Å². The number of H-pyrrole nitrogens is 1. The Morgan fingerprint density at radius 3 is 3.00 bits per heavy atom. The zero-order chi connectivity index (χ0) is 13.1. The van der Waals surface area contributed by atoms with Crippen LogP contribution in [-0.2, 0) is 0 Å². The third kappa shape index (κ3) is 2.35. The highest BCUT2D eigenvalue weighted by molar-refractivity contribution is 5.50. The molecule has 2 heterocycles. The molecule has 0 aliphatic carbocycles. The Balaban J connectivity index is 2.35. The zero-order valence-corrected chi connectivity index (χ0v) is 10.6. The maximum Gasteiger partial charge on any atom is 0.348 e. The van der Waals surface area contributed by atoms with E-state index in [0.717, 1.165) is 18.8 Å². The molecule has 18 heavy (non-hydrogen) atoms. The van der Waals surface area contributed by atoms with Crippen molar-refractivity contribution in [2.24, 2.45) is 5.73 Å². The van der Waals surface area contributed by atoms with Gasteiger partial charge < -0.3 is 10.6 Å². The van der Waals surface area contributed by atoms with Crippen LogP contribution in [0.5, 0.6) is 0 Å². The Hall–Kier alpha value is -1.89. The Kier molecular flexibility index (Phi) is 3.61. The van der Waals surface area contributed by atoms with E-state index in [2.05, 4.69) is 33.9 Å². The normalized spacial score (nSPS) is 11.3. The van der Waals surface area contributed by atoms with E-state index in [1.165, 1.54) is 10.7 Å². The lowest BCUT2D eigenvalue weighted by molar-refractivity contribution is 0.648. The highest BCUT2D eigenvalue weighted by Gasteiger charge is 2.13. The molecule has 0 saturated heterocycles. The van der Waals surface area contributed by atoms with Gasteiger partial charge in [-0.15, -0.1) is 0 Å². The molecule has 0 spiro atoms. The van der Waals surface area contributed by atoms with Gasteiger partial charge in [0.25, 0.3) is 0 Å². The van der Waals surface area contributed by atoms with Crippen molar-refractivity contribution >= 4 is 11.5 Å². The lowest BCUT2D eigenvalue weighted by atomic mass is 10.3.